The maximum atomic E-state index is 13.8. The van der Waals surface area contributed by atoms with Gasteiger partial charge < -0.3 is 9.52 Å². The van der Waals surface area contributed by atoms with Gasteiger partial charge in [-0.1, -0.05) is 13.0 Å². The van der Waals surface area contributed by atoms with Crippen LogP contribution in [0.15, 0.2) is 35.2 Å². The van der Waals surface area contributed by atoms with E-state index in [1.165, 1.54) is 30.8 Å². The number of fused-ring (bicyclic) bond motifs is 1. The summed E-state index contributed by atoms with van der Waals surface area (Å²) in [7, 11) is 0. The zero-order chi connectivity index (χ0) is 15.0. The van der Waals surface area contributed by atoms with Gasteiger partial charge in [0.05, 0.1) is 6.26 Å². The number of hydrogen-bond donors (Lipinski definition) is 1. The number of aromatic nitrogens is 2. The minimum atomic E-state index is -1.17. The van der Waals surface area contributed by atoms with Crippen LogP contribution in [-0.2, 0) is 6.42 Å². The van der Waals surface area contributed by atoms with E-state index in [-0.39, 0.29) is 23.7 Å². The van der Waals surface area contributed by atoms with Crippen LogP contribution in [0.25, 0.3) is 11.0 Å². The van der Waals surface area contributed by atoms with Crippen LogP contribution in [0.2, 0.25) is 0 Å². The van der Waals surface area contributed by atoms with Gasteiger partial charge >= 0.3 is 0 Å². The zero-order valence-corrected chi connectivity index (χ0v) is 11.9. The standard InChI is InChI=1S/C14H12F2N2O2S/c1-2-8-7-20-13-10(15)4-3-9(11(8)13)12(19)14-17-5-6-18(14)21-16/h3-7,12,19H,2H2,1H3. The lowest BCUT2D eigenvalue weighted by Crippen LogP contribution is -2.06. The van der Waals surface area contributed by atoms with Crippen LogP contribution < -0.4 is 0 Å². The minimum absolute atomic E-state index is 0.0577. The van der Waals surface area contributed by atoms with E-state index in [9.17, 15) is 13.4 Å². The van der Waals surface area contributed by atoms with Gasteiger partial charge in [-0.05, 0) is 23.6 Å². The van der Waals surface area contributed by atoms with E-state index < -0.39 is 11.9 Å². The molecule has 0 aliphatic carbocycles. The second-order valence-corrected chi connectivity index (χ2v) is 5.07. The van der Waals surface area contributed by atoms with E-state index in [2.05, 4.69) is 4.98 Å². The van der Waals surface area contributed by atoms with E-state index in [0.717, 1.165) is 9.54 Å². The fourth-order valence-corrected chi connectivity index (χ4v) is 2.71. The van der Waals surface area contributed by atoms with Crippen LogP contribution in [0, 0.1) is 5.82 Å². The summed E-state index contributed by atoms with van der Waals surface area (Å²) in [4.78, 5) is 3.96. The molecule has 7 heteroatoms. The van der Waals surface area contributed by atoms with E-state index >= 15 is 0 Å². The Morgan fingerprint density at radius 3 is 3.00 bits per heavy atom. The van der Waals surface area contributed by atoms with Gasteiger partial charge in [0.1, 0.15) is 6.10 Å². The molecule has 0 spiro atoms. The maximum absolute atomic E-state index is 13.8. The van der Waals surface area contributed by atoms with Crippen molar-refractivity contribution in [1.82, 2.24) is 8.96 Å². The van der Waals surface area contributed by atoms with Gasteiger partial charge in [-0.3, -0.25) is 0 Å². The van der Waals surface area contributed by atoms with E-state index in [4.69, 9.17) is 4.42 Å². The Bertz CT molecular complexity index is 784. The predicted octanol–water partition coefficient (Wildman–Crippen LogP) is 3.79. The van der Waals surface area contributed by atoms with Gasteiger partial charge in [0.25, 0.3) is 0 Å². The molecule has 1 aromatic carbocycles. The summed E-state index contributed by atoms with van der Waals surface area (Å²) in [6, 6.07) is 2.69. The highest BCUT2D eigenvalue weighted by Gasteiger charge is 2.23. The average molecular weight is 310 g/mol. The third-order valence-electron chi connectivity index (χ3n) is 3.41. The number of imidazole rings is 1. The zero-order valence-electron chi connectivity index (χ0n) is 11.1. The van der Waals surface area contributed by atoms with Gasteiger partial charge in [-0.15, -0.1) is 3.89 Å². The highest BCUT2D eigenvalue weighted by atomic mass is 32.2. The molecule has 110 valence electrons. The van der Waals surface area contributed by atoms with Crippen molar-refractivity contribution >= 4 is 23.3 Å². The number of aliphatic hydroxyl groups excluding tert-OH is 1. The minimum Gasteiger partial charge on any atom is -0.461 e. The number of nitrogens with zero attached hydrogens (tertiary/aromatic N) is 2. The highest BCUT2D eigenvalue weighted by molar-refractivity contribution is 7.92. The van der Waals surface area contributed by atoms with Crippen molar-refractivity contribution in [2.24, 2.45) is 0 Å². The number of rotatable bonds is 4. The Hall–Kier alpha value is -1.86. The average Bonchev–Trinajstić information content (AvgIpc) is 3.13. The smallest absolute Gasteiger partial charge is 0.170 e. The van der Waals surface area contributed by atoms with Gasteiger partial charge in [0.15, 0.2) is 29.6 Å². The molecule has 0 aliphatic rings. The van der Waals surface area contributed by atoms with Gasteiger partial charge in [-0.2, -0.15) is 0 Å². The van der Waals surface area contributed by atoms with Crippen molar-refractivity contribution in [1.29, 1.82) is 0 Å². The molecular formula is C14H12F2N2O2S. The largest absolute Gasteiger partial charge is 0.461 e. The Balaban J connectivity index is 2.20. The van der Waals surface area contributed by atoms with Crippen molar-refractivity contribution in [3.05, 3.63) is 53.6 Å². The first-order chi connectivity index (χ1) is 10.2. The molecule has 0 amide bonds. The quantitative estimate of drug-likeness (QED) is 0.796. The Kier molecular flexibility index (Phi) is 3.69. The lowest BCUT2D eigenvalue weighted by Gasteiger charge is -2.12. The molecule has 1 atom stereocenters. The molecule has 0 saturated heterocycles. The molecule has 0 aliphatic heterocycles. The first kappa shape index (κ1) is 14.1. The number of benzene rings is 1. The fraction of sp³-hybridized carbons (Fsp3) is 0.214. The third kappa shape index (κ3) is 2.22. The molecule has 0 saturated carbocycles. The van der Waals surface area contributed by atoms with E-state index in [1.54, 1.807) is 0 Å². The monoisotopic (exact) mass is 310 g/mol. The fourth-order valence-electron chi connectivity index (χ4n) is 2.39. The maximum Gasteiger partial charge on any atom is 0.170 e. The van der Waals surface area contributed by atoms with Gasteiger partial charge in [-0.25, -0.2) is 13.3 Å². The summed E-state index contributed by atoms with van der Waals surface area (Å²) in [5, 5.41) is 11.0. The lowest BCUT2D eigenvalue weighted by molar-refractivity contribution is 0.211. The molecule has 3 rings (SSSR count). The summed E-state index contributed by atoms with van der Waals surface area (Å²) in [5.41, 5.74) is 1.32. The first-order valence-corrected chi connectivity index (χ1v) is 7.03. The van der Waals surface area contributed by atoms with Crippen LogP contribution in [-0.4, -0.2) is 14.1 Å². The molecule has 1 N–H and O–H groups in total. The van der Waals surface area contributed by atoms with Crippen molar-refractivity contribution in [3.8, 4) is 0 Å². The summed E-state index contributed by atoms with van der Waals surface area (Å²) < 4.78 is 33.0. The predicted molar refractivity (Wildman–Crippen MR) is 75.9 cm³/mol. The number of halogens is 2. The SMILES string of the molecule is CCc1coc2c(F)ccc(C(O)c3nccn3SF)c12. The van der Waals surface area contributed by atoms with Crippen molar-refractivity contribution < 1.29 is 17.8 Å². The van der Waals surface area contributed by atoms with Crippen LogP contribution in [0.3, 0.4) is 0 Å². The van der Waals surface area contributed by atoms with Crippen LogP contribution in [0.5, 0.6) is 0 Å². The Labute approximate surface area is 123 Å². The van der Waals surface area contributed by atoms with Crippen molar-refractivity contribution in [2.75, 3.05) is 0 Å². The lowest BCUT2D eigenvalue weighted by atomic mass is 10.00. The van der Waals surface area contributed by atoms with Crippen molar-refractivity contribution in [3.63, 3.8) is 0 Å². The highest BCUT2D eigenvalue weighted by Crippen LogP contribution is 2.34. The molecule has 2 aromatic heterocycles. The molecule has 0 radical (unpaired) electrons. The van der Waals surface area contributed by atoms with Crippen LogP contribution >= 0.6 is 12.3 Å². The number of aliphatic hydroxyl groups is 1. The summed E-state index contributed by atoms with van der Waals surface area (Å²) in [6.45, 7) is 1.91. The normalized spacial score (nSPS) is 13.0. The number of hydrogen-bond acceptors (Lipinski definition) is 4. The molecule has 21 heavy (non-hydrogen) atoms. The molecule has 0 fully saturated rings. The van der Waals surface area contributed by atoms with Crippen molar-refractivity contribution in [2.45, 2.75) is 19.4 Å². The topological polar surface area (TPSA) is 51.2 Å². The summed E-state index contributed by atoms with van der Waals surface area (Å²) in [5.74, 6) is -0.359. The summed E-state index contributed by atoms with van der Waals surface area (Å²) >= 11 is -0.0577. The third-order valence-corrected chi connectivity index (χ3v) is 3.87. The molecule has 4 nitrogen and oxygen atoms in total. The summed E-state index contributed by atoms with van der Waals surface area (Å²) in [6.07, 6.45) is 3.72. The van der Waals surface area contributed by atoms with Gasteiger partial charge in [0, 0.05) is 17.8 Å². The Morgan fingerprint density at radius 1 is 1.48 bits per heavy atom. The number of furan rings is 1. The second-order valence-electron chi connectivity index (χ2n) is 4.54. The second kappa shape index (κ2) is 5.50. The molecule has 2 heterocycles. The van der Waals surface area contributed by atoms with E-state index in [1.807, 2.05) is 6.92 Å². The first-order valence-electron chi connectivity index (χ1n) is 6.36. The van der Waals surface area contributed by atoms with Crippen LogP contribution in [0.4, 0.5) is 8.28 Å². The van der Waals surface area contributed by atoms with E-state index in [0.29, 0.717) is 17.4 Å². The number of aryl methyl sites for hydroxylation is 1. The molecule has 3 aromatic rings. The van der Waals surface area contributed by atoms with Gasteiger partial charge in [0.2, 0.25) is 0 Å². The molecule has 0 bridgehead atoms. The molecule has 1 unspecified atom stereocenters. The Morgan fingerprint density at radius 2 is 2.29 bits per heavy atom. The molecular weight excluding hydrogens is 298 g/mol. The van der Waals surface area contributed by atoms with Crippen LogP contribution in [0.1, 0.15) is 30.0 Å².